The normalized spacial score (nSPS) is 11.4. The average Bonchev–Trinajstić information content (AvgIpc) is 2.77. The molecule has 4 aromatic rings. The maximum absolute atomic E-state index is 12.7. The number of carbonyl (C=O) groups excluding carboxylic acids is 1. The second-order valence-corrected chi connectivity index (χ2v) is 6.82. The Labute approximate surface area is 171 Å². The topological polar surface area (TPSA) is 42.0 Å². The third-order valence-corrected chi connectivity index (χ3v) is 4.91. The minimum Gasteiger partial charge on any atom is -0.348 e. The molecule has 1 aromatic heterocycles. The number of hydrogen-bond acceptors (Lipinski definition) is 2. The Bertz CT molecular complexity index is 1190. The molecule has 0 radical (unpaired) electrons. The van der Waals surface area contributed by atoms with Gasteiger partial charge in [0.2, 0.25) is 0 Å². The van der Waals surface area contributed by atoms with Crippen molar-refractivity contribution < 1.29 is 18.0 Å². The number of fused-ring (bicyclic) bond motifs is 1. The van der Waals surface area contributed by atoms with Crippen LogP contribution < -0.4 is 5.32 Å². The van der Waals surface area contributed by atoms with Crippen LogP contribution in [0.1, 0.15) is 21.5 Å². The van der Waals surface area contributed by atoms with Crippen LogP contribution in [0.5, 0.6) is 0 Å². The third kappa shape index (κ3) is 4.03. The SMILES string of the molecule is O=C(NCc1ccc(-c2ccccc2)c2ccncc12)c1ccc(C(F)(F)F)cc1. The van der Waals surface area contributed by atoms with Gasteiger partial charge in [-0.25, -0.2) is 0 Å². The van der Waals surface area contributed by atoms with Crippen molar-refractivity contribution in [1.29, 1.82) is 0 Å². The molecule has 3 nitrogen and oxygen atoms in total. The molecule has 0 saturated heterocycles. The highest BCUT2D eigenvalue weighted by atomic mass is 19.4. The first kappa shape index (κ1) is 19.6. The van der Waals surface area contributed by atoms with Crippen LogP contribution >= 0.6 is 0 Å². The van der Waals surface area contributed by atoms with E-state index in [0.717, 1.165) is 39.6 Å². The van der Waals surface area contributed by atoms with E-state index >= 15 is 0 Å². The van der Waals surface area contributed by atoms with Crippen LogP contribution in [0.15, 0.2) is 85.2 Å². The largest absolute Gasteiger partial charge is 0.416 e. The number of carbonyl (C=O) groups is 1. The molecule has 0 aliphatic heterocycles. The average molecular weight is 406 g/mol. The minimum atomic E-state index is -4.43. The molecule has 4 rings (SSSR count). The molecule has 1 amide bonds. The first-order valence-corrected chi connectivity index (χ1v) is 9.30. The highest BCUT2D eigenvalue weighted by molar-refractivity contribution is 5.98. The second kappa shape index (κ2) is 7.99. The van der Waals surface area contributed by atoms with E-state index in [1.165, 1.54) is 12.1 Å². The molecule has 0 spiro atoms. The predicted octanol–water partition coefficient (Wildman–Crippen LogP) is 5.85. The Hall–Kier alpha value is -3.67. The van der Waals surface area contributed by atoms with Crippen molar-refractivity contribution >= 4 is 16.7 Å². The van der Waals surface area contributed by atoms with Gasteiger partial charge in [0.1, 0.15) is 0 Å². The van der Waals surface area contributed by atoms with Crippen molar-refractivity contribution in [3.8, 4) is 11.1 Å². The van der Waals surface area contributed by atoms with Gasteiger partial charge < -0.3 is 5.32 Å². The van der Waals surface area contributed by atoms with E-state index in [9.17, 15) is 18.0 Å². The summed E-state index contributed by atoms with van der Waals surface area (Å²) in [6.45, 7) is 0.233. The maximum Gasteiger partial charge on any atom is 0.416 e. The number of pyridine rings is 1. The van der Waals surface area contributed by atoms with Crippen LogP contribution in [0.25, 0.3) is 21.9 Å². The van der Waals surface area contributed by atoms with Gasteiger partial charge in [-0.2, -0.15) is 13.2 Å². The number of hydrogen-bond donors (Lipinski definition) is 1. The third-order valence-electron chi connectivity index (χ3n) is 4.91. The fourth-order valence-electron chi connectivity index (χ4n) is 3.36. The number of nitrogens with zero attached hydrogens (tertiary/aromatic N) is 1. The molecule has 1 heterocycles. The Morgan fingerprint density at radius 2 is 1.60 bits per heavy atom. The predicted molar refractivity (Wildman–Crippen MR) is 110 cm³/mol. The number of alkyl halides is 3. The molecule has 0 aliphatic rings. The number of rotatable bonds is 4. The van der Waals surface area contributed by atoms with Crippen LogP contribution in [-0.2, 0) is 12.7 Å². The van der Waals surface area contributed by atoms with Gasteiger partial charge in [0.15, 0.2) is 0 Å². The fraction of sp³-hybridized carbons (Fsp3) is 0.0833. The van der Waals surface area contributed by atoms with Gasteiger partial charge in [-0.15, -0.1) is 0 Å². The molecule has 30 heavy (non-hydrogen) atoms. The van der Waals surface area contributed by atoms with E-state index < -0.39 is 17.6 Å². The van der Waals surface area contributed by atoms with Gasteiger partial charge >= 0.3 is 6.18 Å². The lowest BCUT2D eigenvalue weighted by Gasteiger charge is -2.12. The summed E-state index contributed by atoms with van der Waals surface area (Å²) in [7, 11) is 0. The highest BCUT2D eigenvalue weighted by Crippen LogP contribution is 2.31. The van der Waals surface area contributed by atoms with Gasteiger partial charge in [0.05, 0.1) is 5.56 Å². The zero-order valence-corrected chi connectivity index (χ0v) is 15.8. The molecule has 6 heteroatoms. The summed E-state index contributed by atoms with van der Waals surface area (Å²) in [5.41, 5.74) is 2.40. The number of nitrogens with one attached hydrogen (secondary N) is 1. The van der Waals surface area contributed by atoms with Crippen molar-refractivity contribution in [3.63, 3.8) is 0 Å². The molecular weight excluding hydrogens is 389 g/mol. The molecule has 150 valence electrons. The Kier molecular flexibility index (Phi) is 5.23. The summed E-state index contributed by atoms with van der Waals surface area (Å²) in [6.07, 6.45) is -0.956. The smallest absolute Gasteiger partial charge is 0.348 e. The van der Waals surface area contributed by atoms with Crippen molar-refractivity contribution in [1.82, 2.24) is 10.3 Å². The number of halogens is 3. The summed E-state index contributed by atoms with van der Waals surface area (Å²) >= 11 is 0. The second-order valence-electron chi connectivity index (χ2n) is 6.82. The molecule has 0 unspecified atom stereocenters. The molecule has 0 aliphatic carbocycles. The van der Waals surface area contributed by atoms with E-state index in [2.05, 4.69) is 10.3 Å². The summed E-state index contributed by atoms with van der Waals surface area (Å²) in [5, 5.41) is 4.70. The van der Waals surface area contributed by atoms with Crippen LogP contribution in [0, 0.1) is 0 Å². The number of amides is 1. The Balaban J connectivity index is 1.57. The van der Waals surface area contributed by atoms with Gasteiger partial charge in [-0.05, 0) is 52.4 Å². The molecule has 3 aromatic carbocycles. The zero-order chi connectivity index (χ0) is 21.1. The molecule has 0 atom stereocenters. The summed E-state index contributed by atoms with van der Waals surface area (Å²) < 4.78 is 38.1. The molecule has 0 bridgehead atoms. The summed E-state index contributed by atoms with van der Waals surface area (Å²) in [5.74, 6) is -0.437. The first-order valence-electron chi connectivity index (χ1n) is 9.30. The monoisotopic (exact) mass is 406 g/mol. The van der Waals surface area contributed by atoms with E-state index in [-0.39, 0.29) is 12.1 Å². The van der Waals surface area contributed by atoms with Gasteiger partial charge in [-0.3, -0.25) is 9.78 Å². The first-order chi connectivity index (χ1) is 14.4. The highest BCUT2D eigenvalue weighted by Gasteiger charge is 2.30. The molecule has 1 N–H and O–H groups in total. The van der Waals surface area contributed by atoms with Gasteiger partial charge in [0.25, 0.3) is 5.91 Å². The number of aromatic nitrogens is 1. The van der Waals surface area contributed by atoms with Crippen molar-refractivity contribution in [3.05, 3.63) is 102 Å². The summed E-state index contributed by atoms with van der Waals surface area (Å²) in [6, 6.07) is 20.0. The maximum atomic E-state index is 12.7. The van der Waals surface area contributed by atoms with Gasteiger partial charge in [0, 0.05) is 29.9 Å². The number of benzene rings is 3. The van der Waals surface area contributed by atoms with Crippen molar-refractivity contribution in [2.45, 2.75) is 12.7 Å². The lowest BCUT2D eigenvalue weighted by Crippen LogP contribution is -2.23. The quantitative estimate of drug-likeness (QED) is 0.462. The molecule has 0 fully saturated rings. The Morgan fingerprint density at radius 3 is 2.30 bits per heavy atom. The van der Waals surface area contributed by atoms with Crippen LogP contribution in [0.2, 0.25) is 0 Å². The van der Waals surface area contributed by atoms with Crippen LogP contribution in [0.3, 0.4) is 0 Å². The van der Waals surface area contributed by atoms with E-state index in [1.54, 1.807) is 12.4 Å². The van der Waals surface area contributed by atoms with Crippen molar-refractivity contribution in [2.24, 2.45) is 0 Å². The Morgan fingerprint density at radius 1 is 0.867 bits per heavy atom. The van der Waals surface area contributed by atoms with E-state index in [1.807, 2.05) is 48.5 Å². The lowest BCUT2D eigenvalue weighted by atomic mass is 9.96. The van der Waals surface area contributed by atoms with Crippen molar-refractivity contribution in [2.75, 3.05) is 0 Å². The van der Waals surface area contributed by atoms with Crippen LogP contribution in [-0.4, -0.2) is 10.9 Å². The van der Waals surface area contributed by atoms with E-state index in [4.69, 9.17) is 0 Å². The standard InChI is InChI=1S/C24H17F3N2O/c25-24(26,27)19-9-6-17(7-10-19)23(30)29-14-18-8-11-20(16-4-2-1-3-5-16)21-12-13-28-15-22(18)21/h1-13,15H,14H2,(H,29,30). The van der Waals surface area contributed by atoms with E-state index in [0.29, 0.717) is 0 Å². The fourth-order valence-corrected chi connectivity index (χ4v) is 3.36. The van der Waals surface area contributed by atoms with Gasteiger partial charge in [-0.1, -0.05) is 42.5 Å². The molecule has 0 saturated carbocycles. The summed E-state index contributed by atoms with van der Waals surface area (Å²) in [4.78, 5) is 16.6. The van der Waals surface area contributed by atoms with Crippen LogP contribution in [0.4, 0.5) is 13.2 Å². The molecular formula is C24H17F3N2O. The zero-order valence-electron chi connectivity index (χ0n) is 15.8. The minimum absolute atomic E-state index is 0.173. The lowest BCUT2D eigenvalue weighted by molar-refractivity contribution is -0.137.